The number of nitrogens with one attached hydrogen (secondary N) is 1. The van der Waals surface area contributed by atoms with Crippen LogP contribution in [-0.4, -0.2) is 45.4 Å². The number of aromatic nitrogens is 3. The van der Waals surface area contributed by atoms with E-state index < -0.39 is 0 Å². The molecule has 5 rings (SSSR count). The van der Waals surface area contributed by atoms with Crippen LogP contribution in [0.3, 0.4) is 0 Å². The molecule has 7 nitrogen and oxygen atoms in total. The van der Waals surface area contributed by atoms with Gasteiger partial charge in [-0.15, -0.1) is 0 Å². The number of pyridine rings is 1. The number of anilines is 3. The number of hydrogen-bond donors (Lipinski definition) is 1. The minimum absolute atomic E-state index is 0.00846. The molecule has 0 radical (unpaired) electrons. The van der Waals surface area contributed by atoms with Crippen molar-refractivity contribution >= 4 is 34.0 Å². The number of carbonyl (C=O) groups is 1. The fourth-order valence-electron chi connectivity index (χ4n) is 4.41. The predicted molar refractivity (Wildman–Crippen MR) is 118 cm³/mol. The van der Waals surface area contributed by atoms with E-state index in [2.05, 4.69) is 49.9 Å². The zero-order chi connectivity index (χ0) is 20.5. The molecule has 2 aliphatic rings. The number of rotatable bonds is 5. The van der Waals surface area contributed by atoms with E-state index >= 15 is 0 Å². The lowest BCUT2D eigenvalue weighted by Crippen LogP contribution is -2.37. The molecule has 2 fully saturated rings. The Labute approximate surface area is 175 Å². The van der Waals surface area contributed by atoms with Gasteiger partial charge in [-0.3, -0.25) is 4.79 Å². The van der Waals surface area contributed by atoms with Gasteiger partial charge in [-0.1, -0.05) is 12.6 Å². The zero-order valence-corrected chi connectivity index (χ0v) is 16.8. The molecule has 0 spiro atoms. The molecule has 0 bridgehead atoms. The number of likely N-dealkylation sites (tertiary alicyclic amines) is 1. The molecule has 2 saturated heterocycles. The van der Waals surface area contributed by atoms with E-state index in [1.54, 1.807) is 6.20 Å². The lowest BCUT2D eigenvalue weighted by molar-refractivity contribution is -0.126. The van der Waals surface area contributed by atoms with Gasteiger partial charge in [0.1, 0.15) is 18.0 Å². The van der Waals surface area contributed by atoms with E-state index in [4.69, 9.17) is 0 Å². The SMILES string of the molecule is C=CC(=O)N1CCCC1c1ccc(N2CCC2)c2cnc(Nc3ccncn3)cc12. The summed E-state index contributed by atoms with van der Waals surface area (Å²) in [6, 6.07) is 8.31. The third-order valence-electron chi connectivity index (χ3n) is 6.02. The van der Waals surface area contributed by atoms with Crippen LogP contribution in [0.25, 0.3) is 10.8 Å². The van der Waals surface area contributed by atoms with Crippen LogP contribution in [0.1, 0.15) is 30.9 Å². The van der Waals surface area contributed by atoms with Crippen LogP contribution in [0.5, 0.6) is 0 Å². The molecule has 152 valence electrons. The maximum atomic E-state index is 12.4. The van der Waals surface area contributed by atoms with Crippen LogP contribution in [-0.2, 0) is 4.79 Å². The van der Waals surface area contributed by atoms with Crippen LogP contribution in [0.15, 0.2) is 55.6 Å². The monoisotopic (exact) mass is 400 g/mol. The number of amides is 1. The van der Waals surface area contributed by atoms with Crippen LogP contribution < -0.4 is 10.2 Å². The summed E-state index contributed by atoms with van der Waals surface area (Å²) in [6.07, 6.45) is 9.72. The summed E-state index contributed by atoms with van der Waals surface area (Å²) in [6.45, 7) is 6.59. The van der Waals surface area contributed by atoms with Gasteiger partial charge in [0.15, 0.2) is 0 Å². The Balaban J connectivity index is 1.61. The molecule has 7 heteroatoms. The molecule has 4 heterocycles. The van der Waals surface area contributed by atoms with Gasteiger partial charge in [0.05, 0.1) is 6.04 Å². The minimum Gasteiger partial charge on any atom is -0.371 e. The van der Waals surface area contributed by atoms with E-state index in [0.29, 0.717) is 5.82 Å². The molecule has 0 saturated carbocycles. The molecule has 1 unspecified atom stereocenters. The molecule has 1 amide bonds. The minimum atomic E-state index is -0.00846. The fourth-order valence-corrected chi connectivity index (χ4v) is 4.41. The van der Waals surface area contributed by atoms with Gasteiger partial charge in [-0.25, -0.2) is 15.0 Å². The standard InChI is InChI=1S/C23H24N6O/c1-2-23(30)29-12-3-5-20(29)16-6-7-19(28-10-4-11-28)18-14-25-22(13-17(16)18)27-21-8-9-24-15-26-21/h2,6-9,13-15,20H,1,3-5,10-12H2,(H,24,25,26,27). The van der Waals surface area contributed by atoms with Gasteiger partial charge < -0.3 is 15.1 Å². The predicted octanol–water partition coefficient (Wildman–Crippen LogP) is 3.83. The fraction of sp³-hybridized carbons (Fsp3) is 0.304. The largest absolute Gasteiger partial charge is 0.371 e. The maximum Gasteiger partial charge on any atom is 0.246 e. The van der Waals surface area contributed by atoms with Gasteiger partial charge in [-0.05, 0) is 54.5 Å². The molecule has 30 heavy (non-hydrogen) atoms. The van der Waals surface area contributed by atoms with Crippen molar-refractivity contribution < 1.29 is 4.79 Å². The average molecular weight is 400 g/mol. The Hall–Kier alpha value is -3.48. The second-order valence-corrected chi connectivity index (χ2v) is 7.74. The molecule has 1 N–H and O–H groups in total. The highest BCUT2D eigenvalue weighted by molar-refractivity contribution is 5.98. The lowest BCUT2D eigenvalue weighted by atomic mass is 9.95. The Morgan fingerprint density at radius 3 is 2.73 bits per heavy atom. The van der Waals surface area contributed by atoms with Gasteiger partial charge >= 0.3 is 0 Å². The van der Waals surface area contributed by atoms with Crippen molar-refractivity contribution in [2.75, 3.05) is 29.9 Å². The summed E-state index contributed by atoms with van der Waals surface area (Å²) >= 11 is 0. The van der Waals surface area contributed by atoms with Crippen molar-refractivity contribution in [1.82, 2.24) is 19.9 Å². The van der Waals surface area contributed by atoms with Gasteiger partial charge in [0, 0.05) is 43.1 Å². The van der Waals surface area contributed by atoms with E-state index in [1.165, 1.54) is 24.5 Å². The van der Waals surface area contributed by atoms with Crippen molar-refractivity contribution in [3.8, 4) is 0 Å². The normalized spacial score (nSPS) is 18.3. The summed E-state index contributed by atoms with van der Waals surface area (Å²) in [5.74, 6) is 1.41. The van der Waals surface area contributed by atoms with Gasteiger partial charge in [0.25, 0.3) is 0 Å². The number of benzene rings is 1. The molecule has 2 aromatic heterocycles. The first-order valence-corrected chi connectivity index (χ1v) is 10.4. The Bertz CT molecular complexity index is 1100. The first kappa shape index (κ1) is 18.5. The smallest absolute Gasteiger partial charge is 0.246 e. The van der Waals surface area contributed by atoms with Crippen LogP contribution >= 0.6 is 0 Å². The van der Waals surface area contributed by atoms with Gasteiger partial charge in [0.2, 0.25) is 5.91 Å². The van der Waals surface area contributed by atoms with E-state index in [9.17, 15) is 4.79 Å². The molecule has 1 atom stereocenters. The highest BCUT2D eigenvalue weighted by Crippen LogP contribution is 2.40. The summed E-state index contributed by atoms with van der Waals surface area (Å²) in [7, 11) is 0. The van der Waals surface area contributed by atoms with Crippen molar-refractivity contribution in [3.63, 3.8) is 0 Å². The highest BCUT2D eigenvalue weighted by atomic mass is 16.2. The summed E-state index contributed by atoms with van der Waals surface area (Å²) in [4.78, 5) is 29.6. The Morgan fingerprint density at radius 1 is 1.10 bits per heavy atom. The first-order chi connectivity index (χ1) is 14.7. The van der Waals surface area contributed by atoms with Gasteiger partial charge in [-0.2, -0.15) is 0 Å². The van der Waals surface area contributed by atoms with E-state index in [1.807, 2.05) is 17.2 Å². The van der Waals surface area contributed by atoms with E-state index in [-0.39, 0.29) is 11.9 Å². The zero-order valence-electron chi connectivity index (χ0n) is 16.8. The maximum absolute atomic E-state index is 12.4. The summed E-state index contributed by atoms with van der Waals surface area (Å²) < 4.78 is 0. The quantitative estimate of drug-likeness (QED) is 0.656. The van der Waals surface area contributed by atoms with Crippen LogP contribution in [0, 0.1) is 0 Å². The molecule has 3 aromatic rings. The Morgan fingerprint density at radius 2 is 2.00 bits per heavy atom. The second kappa shape index (κ2) is 7.74. The second-order valence-electron chi connectivity index (χ2n) is 7.74. The number of fused-ring (bicyclic) bond motifs is 1. The van der Waals surface area contributed by atoms with Crippen LogP contribution in [0.2, 0.25) is 0 Å². The molecular weight excluding hydrogens is 376 g/mol. The Kier molecular flexibility index (Phi) is 4.78. The first-order valence-electron chi connectivity index (χ1n) is 10.4. The van der Waals surface area contributed by atoms with Crippen molar-refractivity contribution in [2.45, 2.75) is 25.3 Å². The molecule has 1 aromatic carbocycles. The molecule has 2 aliphatic heterocycles. The summed E-state index contributed by atoms with van der Waals surface area (Å²) in [5.41, 5.74) is 2.37. The molecule has 0 aliphatic carbocycles. The third-order valence-corrected chi connectivity index (χ3v) is 6.02. The summed E-state index contributed by atoms with van der Waals surface area (Å²) in [5, 5.41) is 5.51. The van der Waals surface area contributed by atoms with Crippen molar-refractivity contribution in [2.24, 2.45) is 0 Å². The van der Waals surface area contributed by atoms with Crippen LogP contribution in [0.4, 0.5) is 17.3 Å². The lowest BCUT2D eigenvalue weighted by Gasteiger charge is -2.35. The number of nitrogens with zero attached hydrogens (tertiary/aromatic N) is 5. The highest BCUT2D eigenvalue weighted by Gasteiger charge is 2.30. The van der Waals surface area contributed by atoms with E-state index in [0.717, 1.165) is 54.6 Å². The van der Waals surface area contributed by atoms with Crippen molar-refractivity contribution in [3.05, 3.63) is 61.2 Å². The number of carbonyl (C=O) groups excluding carboxylic acids is 1. The third kappa shape index (κ3) is 3.26. The number of hydrogen-bond acceptors (Lipinski definition) is 6. The van der Waals surface area contributed by atoms with Crippen molar-refractivity contribution in [1.29, 1.82) is 0 Å². The average Bonchev–Trinajstić information content (AvgIpc) is 3.22. The molecular formula is C23H24N6O. The topological polar surface area (TPSA) is 74.2 Å².